The molecule has 0 atom stereocenters. The molecule has 1 aliphatic rings. The summed E-state index contributed by atoms with van der Waals surface area (Å²) in [6.07, 6.45) is 1.57. The van der Waals surface area contributed by atoms with Gasteiger partial charge in [-0.1, -0.05) is 13.8 Å². The summed E-state index contributed by atoms with van der Waals surface area (Å²) in [4.78, 5) is 23.9. The zero-order valence-electron chi connectivity index (χ0n) is 22.3. The first-order valence-electron chi connectivity index (χ1n) is 12.9. The molecule has 1 fully saturated rings. The predicted molar refractivity (Wildman–Crippen MR) is 147 cm³/mol. The second kappa shape index (κ2) is 10.4. The number of anilines is 2. The lowest BCUT2D eigenvalue weighted by molar-refractivity contribution is 0.0710. The maximum atomic E-state index is 14.1. The second-order valence-corrected chi connectivity index (χ2v) is 10.4. The molecule has 198 valence electrons. The number of aryl methyl sites for hydroxylation is 1. The van der Waals surface area contributed by atoms with Crippen molar-refractivity contribution in [2.75, 3.05) is 18.4 Å². The van der Waals surface area contributed by atoms with Crippen LogP contribution in [-0.4, -0.2) is 50.5 Å². The zero-order valence-corrected chi connectivity index (χ0v) is 22.3. The van der Waals surface area contributed by atoms with Gasteiger partial charge in [-0.15, -0.1) is 0 Å². The van der Waals surface area contributed by atoms with Crippen LogP contribution < -0.4 is 15.4 Å². The predicted octanol–water partition coefficient (Wildman–Crippen LogP) is 5.59. The van der Waals surface area contributed by atoms with Crippen LogP contribution in [0, 0.1) is 5.82 Å². The van der Waals surface area contributed by atoms with Gasteiger partial charge in [-0.05, 0) is 61.7 Å². The van der Waals surface area contributed by atoms with Crippen molar-refractivity contribution in [3.05, 3.63) is 71.8 Å². The van der Waals surface area contributed by atoms with Crippen molar-refractivity contribution < 1.29 is 13.9 Å². The number of hydrogen-bond donors (Lipinski definition) is 2. The first kappa shape index (κ1) is 25.7. The number of halogens is 1. The fourth-order valence-corrected chi connectivity index (χ4v) is 4.57. The molecule has 1 amide bonds. The molecule has 1 aliphatic heterocycles. The number of benzene rings is 2. The van der Waals surface area contributed by atoms with Crippen LogP contribution in [0.25, 0.3) is 11.0 Å². The van der Waals surface area contributed by atoms with E-state index in [9.17, 15) is 9.18 Å². The van der Waals surface area contributed by atoms with Crippen molar-refractivity contribution in [3.8, 4) is 11.5 Å². The molecule has 2 aromatic carbocycles. The average Bonchev–Trinajstić information content (AvgIpc) is 3.16. The van der Waals surface area contributed by atoms with Crippen LogP contribution in [0.3, 0.4) is 0 Å². The van der Waals surface area contributed by atoms with E-state index in [-0.39, 0.29) is 23.7 Å². The highest BCUT2D eigenvalue weighted by Crippen LogP contribution is 2.29. The standard InChI is InChI=1S/C29H33FN6O2/c1-17(2)23-12-19(6-8-24(23)30)33-29-34-25-13-21(7-9-27(25)35(29)5)38-22-10-11-31-26(14-22)28(37)32-20-15-36(16-20)18(3)4/h6-14,17-18,20H,15-16H2,1-5H3,(H,32,37)(H,33,34). The quantitative estimate of drug-likeness (QED) is 0.318. The summed E-state index contributed by atoms with van der Waals surface area (Å²) in [6, 6.07) is 14.6. The summed E-state index contributed by atoms with van der Waals surface area (Å²) < 4.78 is 22.1. The molecule has 2 aromatic heterocycles. The molecule has 3 heterocycles. The summed E-state index contributed by atoms with van der Waals surface area (Å²) in [5.74, 6) is 1.40. The van der Waals surface area contributed by atoms with Gasteiger partial charge in [0.05, 0.1) is 17.1 Å². The SMILES string of the molecule is CC(C)c1cc(Nc2nc3cc(Oc4ccnc(C(=O)NC5CN(C(C)C)C5)c4)ccc3n2C)ccc1F. The number of imidazole rings is 1. The minimum Gasteiger partial charge on any atom is -0.457 e. The molecule has 9 heteroatoms. The number of amides is 1. The Bertz CT molecular complexity index is 1480. The summed E-state index contributed by atoms with van der Waals surface area (Å²) in [5, 5.41) is 6.33. The number of carbonyl (C=O) groups is 1. The van der Waals surface area contributed by atoms with E-state index in [1.54, 1.807) is 24.4 Å². The van der Waals surface area contributed by atoms with Crippen LogP contribution in [0.4, 0.5) is 16.0 Å². The van der Waals surface area contributed by atoms with Crippen molar-refractivity contribution in [3.63, 3.8) is 0 Å². The molecule has 8 nitrogen and oxygen atoms in total. The van der Waals surface area contributed by atoms with E-state index >= 15 is 0 Å². The molecule has 0 aliphatic carbocycles. The molecule has 0 radical (unpaired) electrons. The normalized spacial score (nSPS) is 14.2. The van der Waals surface area contributed by atoms with Crippen LogP contribution >= 0.6 is 0 Å². The van der Waals surface area contributed by atoms with Crippen LogP contribution in [-0.2, 0) is 7.05 Å². The Kier molecular flexibility index (Phi) is 7.03. The molecule has 4 aromatic rings. The van der Waals surface area contributed by atoms with E-state index in [2.05, 4.69) is 34.4 Å². The monoisotopic (exact) mass is 516 g/mol. The fourth-order valence-electron chi connectivity index (χ4n) is 4.57. The van der Waals surface area contributed by atoms with Gasteiger partial charge in [-0.25, -0.2) is 9.37 Å². The van der Waals surface area contributed by atoms with E-state index in [0.29, 0.717) is 34.7 Å². The maximum Gasteiger partial charge on any atom is 0.270 e. The van der Waals surface area contributed by atoms with Crippen LogP contribution in [0.2, 0.25) is 0 Å². The van der Waals surface area contributed by atoms with Crippen molar-refractivity contribution in [2.24, 2.45) is 7.05 Å². The number of carbonyl (C=O) groups excluding carboxylic acids is 1. The number of aromatic nitrogens is 3. The Morgan fingerprint density at radius 2 is 1.82 bits per heavy atom. The molecule has 0 bridgehead atoms. The zero-order chi connectivity index (χ0) is 27.0. The number of likely N-dealkylation sites (tertiary alicyclic amines) is 1. The minimum absolute atomic E-state index is 0.0742. The minimum atomic E-state index is -0.213. The molecule has 0 saturated carbocycles. The van der Waals surface area contributed by atoms with Crippen molar-refractivity contribution in [1.82, 2.24) is 24.8 Å². The number of fused-ring (bicyclic) bond motifs is 1. The Balaban J connectivity index is 1.29. The Labute approximate surface area is 221 Å². The molecule has 1 saturated heterocycles. The van der Waals surface area contributed by atoms with E-state index in [1.807, 2.05) is 49.7 Å². The number of ether oxygens (including phenoxy) is 1. The van der Waals surface area contributed by atoms with Gasteiger partial charge in [-0.3, -0.25) is 14.7 Å². The van der Waals surface area contributed by atoms with Crippen LogP contribution in [0.5, 0.6) is 11.5 Å². The Hall–Kier alpha value is -3.98. The van der Waals surface area contributed by atoms with Gasteiger partial charge in [0.15, 0.2) is 0 Å². The van der Waals surface area contributed by atoms with E-state index in [4.69, 9.17) is 9.72 Å². The molecular formula is C29H33FN6O2. The highest BCUT2D eigenvalue weighted by atomic mass is 19.1. The largest absolute Gasteiger partial charge is 0.457 e. The highest BCUT2D eigenvalue weighted by Gasteiger charge is 2.30. The highest BCUT2D eigenvalue weighted by molar-refractivity contribution is 5.93. The van der Waals surface area contributed by atoms with Gasteiger partial charge >= 0.3 is 0 Å². The van der Waals surface area contributed by atoms with E-state index in [1.165, 1.54) is 6.07 Å². The van der Waals surface area contributed by atoms with Gasteiger partial charge in [0.1, 0.15) is 23.0 Å². The summed E-state index contributed by atoms with van der Waals surface area (Å²) in [5.41, 5.74) is 3.39. The number of hydrogen-bond acceptors (Lipinski definition) is 6. The Morgan fingerprint density at radius 1 is 1.05 bits per heavy atom. The Morgan fingerprint density at radius 3 is 2.55 bits per heavy atom. The molecule has 5 rings (SSSR count). The van der Waals surface area contributed by atoms with Crippen LogP contribution in [0.15, 0.2) is 54.7 Å². The molecular weight excluding hydrogens is 483 g/mol. The lowest BCUT2D eigenvalue weighted by atomic mass is 10.0. The number of nitrogens with one attached hydrogen (secondary N) is 2. The number of pyridine rings is 1. The van der Waals surface area contributed by atoms with Gasteiger partial charge in [-0.2, -0.15) is 0 Å². The first-order chi connectivity index (χ1) is 18.2. The second-order valence-electron chi connectivity index (χ2n) is 10.4. The van der Waals surface area contributed by atoms with E-state index < -0.39 is 0 Å². The summed E-state index contributed by atoms with van der Waals surface area (Å²) >= 11 is 0. The van der Waals surface area contributed by atoms with Gasteiger partial charge in [0.2, 0.25) is 5.95 Å². The first-order valence-corrected chi connectivity index (χ1v) is 12.9. The number of nitrogens with zero attached hydrogens (tertiary/aromatic N) is 4. The van der Waals surface area contributed by atoms with Crippen LogP contribution in [0.1, 0.15) is 49.7 Å². The molecule has 0 spiro atoms. The van der Waals surface area contributed by atoms with Gasteiger partial charge in [0, 0.05) is 50.2 Å². The van der Waals surface area contributed by atoms with E-state index in [0.717, 1.165) is 29.8 Å². The third-order valence-electron chi connectivity index (χ3n) is 6.90. The van der Waals surface area contributed by atoms with Crippen molar-refractivity contribution >= 4 is 28.6 Å². The maximum absolute atomic E-state index is 14.1. The number of rotatable bonds is 8. The lowest BCUT2D eigenvalue weighted by Gasteiger charge is -2.42. The lowest BCUT2D eigenvalue weighted by Crippen LogP contribution is -2.61. The third-order valence-corrected chi connectivity index (χ3v) is 6.90. The summed E-state index contributed by atoms with van der Waals surface area (Å²) in [7, 11) is 1.92. The molecule has 0 unspecified atom stereocenters. The smallest absolute Gasteiger partial charge is 0.270 e. The molecule has 2 N–H and O–H groups in total. The van der Waals surface area contributed by atoms with Gasteiger partial charge < -0.3 is 19.9 Å². The fraction of sp³-hybridized carbons (Fsp3) is 0.345. The molecule has 38 heavy (non-hydrogen) atoms. The van der Waals surface area contributed by atoms with Crippen molar-refractivity contribution in [1.29, 1.82) is 0 Å². The van der Waals surface area contributed by atoms with Gasteiger partial charge in [0.25, 0.3) is 5.91 Å². The van der Waals surface area contributed by atoms with Crippen molar-refractivity contribution in [2.45, 2.75) is 45.7 Å². The topological polar surface area (TPSA) is 84.3 Å². The third kappa shape index (κ3) is 5.33. The average molecular weight is 517 g/mol. The summed E-state index contributed by atoms with van der Waals surface area (Å²) in [6.45, 7) is 9.92.